The van der Waals surface area contributed by atoms with Crippen LogP contribution in [-0.2, 0) is 19.1 Å². The zero-order chi connectivity index (χ0) is 23.7. The summed E-state index contributed by atoms with van der Waals surface area (Å²) in [7, 11) is 0. The molecule has 8 heteroatoms. The monoisotopic (exact) mass is 464 g/mol. The predicted molar refractivity (Wildman–Crippen MR) is 123 cm³/mol. The Morgan fingerprint density at radius 3 is 2.15 bits per heavy atom. The topological polar surface area (TPSA) is 105 Å². The largest absolute Gasteiger partial charge is 0.480 e. The fraction of sp³-hybridized carbons (Fsp3) is 0.423. The highest BCUT2D eigenvalue weighted by Crippen LogP contribution is 2.44. The number of fused-ring (bicyclic) bond motifs is 3. The molecule has 2 aliphatic carbocycles. The molecule has 2 aromatic carbocycles. The molecule has 8 nitrogen and oxygen atoms in total. The second kappa shape index (κ2) is 9.10. The second-order valence-electron chi connectivity index (χ2n) is 9.20. The van der Waals surface area contributed by atoms with Gasteiger partial charge in [0.05, 0.1) is 0 Å². The summed E-state index contributed by atoms with van der Waals surface area (Å²) < 4.78 is 11.1. The smallest absolute Gasteiger partial charge is 0.408 e. The minimum atomic E-state index is -1.22. The number of hydrogen-bond donors (Lipinski definition) is 2. The number of carbonyl (C=O) groups is 3. The van der Waals surface area contributed by atoms with Gasteiger partial charge in [0, 0.05) is 38.0 Å². The van der Waals surface area contributed by atoms with Crippen molar-refractivity contribution in [3.05, 3.63) is 59.7 Å². The van der Waals surface area contributed by atoms with Crippen molar-refractivity contribution in [2.45, 2.75) is 43.2 Å². The molecule has 0 aromatic heterocycles. The third kappa shape index (κ3) is 4.25. The van der Waals surface area contributed by atoms with Gasteiger partial charge in [0.1, 0.15) is 18.7 Å². The molecule has 2 amide bonds. The van der Waals surface area contributed by atoms with E-state index in [0.717, 1.165) is 35.1 Å². The summed E-state index contributed by atoms with van der Waals surface area (Å²) in [5.41, 5.74) is 3.26. The minimum Gasteiger partial charge on any atom is -0.480 e. The number of amides is 2. The van der Waals surface area contributed by atoms with E-state index >= 15 is 0 Å². The number of ether oxygens (including phenoxy) is 2. The van der Waals surface area contributed by atoms with Gasteiger partial charge >= 0.3 is 12.1 Å². The molecule has 1 aliphatic heterocycles. The SMILES string of the molecule is O=C(O)CN(C(=O)C1(NC(=O)OCC2c3ccccc3-c3ccccc32)CCOCC1)C1CC1. The van der Waals surface area contributed by atoms with Gasteiger partial charge in [-0.2, -0.15) is 0 Å². The summed E-state index contributed by atoms with van der Waals surface area (Å²) in [4.78, 5) is 39.2. The first kappa shape index (κ1) is 22.4. The van der Waals surface area contributed by atoms with E-state index in [4.69, 9.17) is 9.47 Å². The van der Waals surface area contributed by atoms with Gasteiger partial charge in [-0.25, -0.2) is 4.79 Å². The lowest BCUT2D eigenvalue weighted by molar-refractivity contribution is -0.150. The number of aliphatic carboxylic acids is 1. The number of carboxylic acid groups (broad SMARTS) is 1. The first-order chi connectivity index (χ1) is 16.5. The van der Waals surface area contributed by atoms with Gasteiger partial charge < -0.3 is 24.8 Å². The highest BCUT2D eigenvalue weighted by Gasteiger charge is 2.48. The highest BCUT2D eigenvalue weighted by molar-refractivity contribution is 5.92. The minimum absolute atomic E-state index is 0.0885. The van der Waals surface area contributed by atoms with Crippen molar-refractivity contribution in [3.8, 4) is 11.1 Å². The van der Waals surface area contributed by atoms with Gasteiger partial charge in [-0.1, -0.05) is 48.5 Å². The maximum atomic E-state index is 13.5. The van der Waals surface area contributed by atoms with E-state index in [0.29, 0.717) is 13.2 Å². The third-order valence-electron chi connectivity index (χ3n) is 6.99. The number of nitrogens with one attached hydrogen (secondary N) is 1. The van der Waals surface area contributed by atoms with Crippen LogP contribution in [0.2, 0.25) is 0 Å². The number of benzene rings is 2. The maximum Gasteiger partial charge on any atom is 0.408 e. The van der Waals surface area contributed by atoms with Crippen molar-refractivity contribution in [3.63, 3.8) is 0 Å². The average Bonchev–Trinajstić information content (AvgIpc) is 3.64. The predicted octanol–water partition coefficient (Wildman–Crippen LogP) is 3.15. The van der Waals surface area contributed by atoms with Crippen LogP contribution in [0.5, 0.6) is 0 Å². The Bertz CT molecular complexity index is 1060. The van der Waals surface area contributed by atoms with Crippen LogP contribution < -0.4 is 5.32 Å². The number of carboxylic acids is 1. The molecule has 1 saturated carbocycles. The van der Waals surface area contributed by atoms with Crippen LogP contribution >= 0.6 is 0 Å². The van der Waals surface area contributed by atoms with Gasteiger partial charge in [0.2, 0.25) is 5.91 Å². The second-order valence-corrected chi connectivity index (χ2v) is 9.20. The molecule has 2 fully saturated rings. The average molecular weight is 465 g/mol. The van der Waals surface area contributed by atoms with Crippen molar-refractivity contribution in [1.29, 1.82) is 0 Å². The molecule has 0 atom stereocenters. The molecule has 0 spiro atoms. The normalized spacial score (nSPS) is 18.5. The number of alkyl carbamates (subject to hydrolysis) is 1. The van der Waals surface area contributed by atoms with Crippen molar-refractivity contribution in [2.75, 3.05) is 26.4 Å². The molecule has 0 bridgehead atoms. The van der Waals surface area contributed by atoms with Crippen molar-refractivity contribution >= 4 is 18.0 Å². The molecule has 1 heterocycles. The summed E-state index contributed by atoms with van der Waals surface area (Å²) in [6.45, 7) is 0.378. The van der Waals surface area contributed by atoms with Crippen molar-refractivity contribution in [2.24, 2.45) is 0 Å². The Balaban J connectivity index is 1.31. The number of nitrogens with zero attached hydrogens (tertiary/aromatic N) is 1. The summed E-state index contributed by atoms with van der Waals surface area (Å²) in [5.74, 6) is -1.52. The van der Waals surface area contributed by atoms with E-state index in [1.54, 1.807) is 0 Å². The van der Waals surface area contributed by atoms with Gasteiger partial charge in [-0.3, -0.25) is 9.59 Å². The zero-order valence-electron chi connectivity index (χ0n) is 18.9. The van der Waals surface area contributed by atoms with Gasteiger partial charge in [0.15, 0.2) is 0 Å². The molecule has 0 radical (unpaired) electrons. The van der Waals surface area contributed by atoms with Gasteiger partial charge in [0.25, 0.3) is 0 Å². The van der Waals surface area contributed by atoms with Crippen LogP contribution in [0.4, 0.5) is 4.79 Å². The summed E-state index contributed by atoms with van der Waals surface area (Å²) in [6, 6.07) is 16.1. The Hall–Kier alpha value is -3.39. The standard InChI is InChI=1S/C26H28N2O6/c29-23(30)15-28(17-9-10-17)24(31)26(11-13-33-14-12-26)27-25(32)34-16-22-20-7-3-1-5-18(20)19-6-2-4-8-21(19)22/h1-8,17,22H,9-16H2,(H,27,32)(H,29,30). The zero-order valence-corrected chi connectivity index (χ0v) is 18.9. The lowest BCUT2D eigenvalue weighted by Crippen LogP contribution is -2.63. The Morgan fingerprint density at radius 1 is 1.00 bits per heavy atom. The molecular formula is C26H28N2O6. The van der Waals surface area contributed by atoms with Crippen LogP contribution in [0.1, 0.15) is 42.7 Å². The fourth-order valence-electron chi connectivity index (χ4n) is 5.12. The lowest BCUT2D eigenvalue weighted by Gasteiger charge is -2.39. The van der Waals surface area contributed by atoms with Crippen LogP contribution in [-0.4, -0.2) is 65.9 Å². The number of carbonyl (C=O) groups excluding carboxylic acids is 2. The van der Waals surface area contributed by atoms with E-state index in [9.17, 15) is 19.5 Å². The first-order valence-electron chi connectivity index (χ1n) is 11.7. The van der Waals surface area contributed by atoms with Gasteiger partial charge in [-0.05, 0) is 35.1 Å². The molecule has 0 unspecified atom stereocenters. The molecule has 5 rings (SSSR count). The van der Waals surface area contributed by atoms with E-state index in [-0.39, 0.29) is 43.9 Å². The maximum absolute atomic E-state index is 13.5. The van der Waals surface area contributed by atoms with Crippen LogP contribution in [0.25, 0.3) is 11.1 Å². The van der Waals surface area contributed by atoms with E-state index < -0.39 is 17.6 Å². The molecule has 1 saturated heterocycles. The van der Waals surface area contributed by atoms with E-state index in [2.05, 4.69) is 17.4 Å². The van der Waals surface area contributed by atoms with Gasteiger partial charge in [-0.15, -0.1) is 0 Å². The van der Waals surface area contributed by atoms with E-state index in [1.165, 1.54) is 4.90 Å². The molecule has 3 aliphatic rings. The molecular weight excluding hydrogens is 436 g/mol. The molecule has 2 aromatic rings. The van der Waals surface area contributed by atoms with Crippen LogP contribution in [0, 0.1) is 0 Å². The number of rotatable bonds is 7. The van der Waals surface area contributed by atoms with Crippen molar-refractivity contribution in [1.82, 2.24) is 10.2 Å². The third-order valence-corrected chi connectivity index (χ3v) is 6.99. The Morgan fingerprint density at radius 2 is 1.59 bits per heavy atom. The number of hydrogen-bond acceptors (Lipinski definition) is 5. The summed E-state index contributed by atoms with van der Waals surface area (Å²) >= 11 is 0. The van der Waals surface area contributed by atoms with Crippen LogP contribution in [0.3, 0.4) is 0 Å². The highest BCUT2D eigenvalue weighted by atomic mass is 16.5. The first-order valence-corrected chi connectivity index (χ1v) is 11.7. The fourth-order valence-corrected chi connectivity index (χ4v) is 5.12. The van der Waals surface area contributed by atoms with Crippen molar-refractivity contribution < 1.29 is 29.0 Å². The molecule has 2 N–H and O–H groups in total. The molecule has 34 heavy (non-hydrogen) atoms. The van der Waals surface area contributed by atoms with E-state index in [1.807, 2.05) is 36.4 Å². The lowest BCUT2D eigenvalue weighted by atomic mass is 9.88. The Kier molecular flexibility index (Phi) is 6.00. The molecule has 178 valence electrons. The Labute approximate surface area is 197 Å². The quantitative estimate of drug-likeness (QED) is 0.652. The van der Waals surface area contributed by atoms with Crippen LogP contribution in [0.15, 0.2) is 48.5 Å². The summed E-state index contributed by atoms with van der Waals surface area (Å²) in [6.07, 6.45) is 1.42. The summed E-state index contributed by atoms with van der Waals surface area (Å²) in [5, 5.41) is 12.1.